The third-order valence-electron chi connectivity index (χ3n) is 4.82. The number of rotatable bonds is 8. The Morgan fingerprint density at radius 2 is 2.17 bits per heavy atom. The molecular formula is C21H26N6O2. The number of aromatic nitrogens is 1. The highest BCUT2D eigenvalue weighted by molar-refractivity contribution is 6.03. The van der Waals surface area contributed by atoms with Crippen molar-refractivity contribution in [2.24, 2.45) is 16.8 Å². The lowest BCUT2D eigenvalue weighted by Crippen LogP contribution is -2.29. The van der Waals surface area contributed by atoms with Crippen LogP contribution in [0.3, 0.4) is 0 Å². The Kier molecular flexibility index (Phi) is 6.80. The number of ether oxygens (including phenoxy) is 1. The van der Waals surface area contributed by atoms with Gasteiger partial charge in [0.2, 0.25) is 0 Å². The fraction of sp³-hybridized carbons (Fsp3) is 0.286. The van der Waals surface area contributed by atoms with Crippen LogP contribution in [0.1, 0.15) is 40.0 Å². The van der Waals surface area contributed by atoms with Crippen LogP contribution < -0.4 is 27.2 Å². The lowest BCUT2D eigenvalue weighted by Gasteiger charge is -2.23. The Balaban J connectivity index is 1.64. The minimum absolute atomic E-state index is 0.286. The van der Waals surface area contributed by atoms with Crippen molar-refractivity contribution in [1.82, 2.24) is 10.3 Å². The van der Waals surface area contributed by atoms with Gasteiger partial charge in [-0.1, -0.05) is 12.1 Å². The second-order valence-corrected chi connectivity index (χ2v) is 6.65. The molecule has 1 aliphatic carbocycles. The molecule has 1 heterocycles. The number of pyridine rings is 1. The molecule has 1 aliphatic rings. The molecule has 0 atom stereocenters. The molecule has 0 aliphatic heterocycles. The highest BCUT2D eigenvalue weighted by atomic mass is 16.5. The third-order valence-corrected chi connectivity index (χ3v) is 4.82. The van der Waals surface area contributed by atoms with E-state index in [0.29, 0.717) is 25.4 Å². The van der Waals surface area contributed by atoms with Crippen LogP contribution in [-0.4, -0.2) is 29.8 Å². The van der Waals surface area contributed by atoms with Gasteiger partial charge in [-0.3, -0.25) is 4.79 Å². The summed E-state index contributed by atoms with van der Waals surface area (Å²) in [6, 6.07) is 8.96. The monoisotopic (exact) mass is 394 g/mol. The average molecular weight is 394 g/mol. The van der Waals surface area contributed by atoms with Crippen LogP contribution in [0.15, 0.2) is 48.1 Å². The Morgan fingerprint density at radius 1 is 1.31 bits per heavy atom. The molecule has 0 spiro atoms. The third kappa shape index (κ3) is 4.72. The Hall–Kier alpha value is -3.39. The molecular weight excluding hydrogens is 368 g/mol. The van der Waals surface area contributed by atoms with Crippen molar-refractivity contribution in [3.05, 3.63) is 65.4 Å². The number of hydrazine groups is 1. The highest BCUT2D eigenvalue weighted by Crippen LogP contribution is 2.32. The summed E-state index contributed by atoms with van der Waals surface area (Å²) < 4.78 is 5.97. The molecule has 0 bridgehead atoms. The van der Waals surface area contributed by atoms with E-state index in [1.807, 2.05) is 18.2 Å². The van der Waals surface area contributed by atoms with Gasteiger partial charge in [-0.05, 0) is 55.5 Å². The first-order chi connectivity index (χ1) is 14.2. The summed E-state index contributed by atoms with van der Waals surface area (Å²) in [6.07, 6.45) is 5.42. The predicted molar refractivity (Wildman–Crippen MR) is 114 cm³/mol. The molecule has 1 aromatic heterocycles. The summed E-state index contributed by atoms with van der Waals surface area (Å²) in [5.74, 6) is 11.8. The maximum absolute atomic E-state index is 12.2. The van der Waals surface area contributed by atoms with Crippen LogP contribution in [0.4, 0.5) is 5.82 Å². The van der Waals surface area contributed by atoms with Gasteiger partial charge in [0.05, 0.1) is 12.3 Å². The summed E-state index contributed by atoms with van der Waals surface area (Å²) >= 11 is 0. The van der Waals surface area contributed by atoms with Crippen LogP contribution in [-0.2, 0) is 12.8 Å². The highest BCUT2D eigenvalue weighted by Gasteiger charge is 2.21. The first-order valence-corrected chi connectivity index (χ1v) is 9.55. The number of carbonyl (C=O) groups is 1. The number of nitrogens with two attached hydrogens (primary N) is 2. The Morgan fingerprint density at radius 3 is 2.93 bits per heavy atom. The van der Waals surface area contributed by atoms with E-state index < -0.39 is 0 Å². The Bertz CT molecular complexity index is 925. The zero-order chi connectivity index (χ0) is 20.6. The molecule has 3 rings (SSSR count). The van der Waals surface area contributed by atoms with Gasteiger partial charge in [0.25, 0.3) is 5.91 Å². The van der Waals surface area contributed by atoms with Crippen LogP contribution in [0.5, 0.6) is 5.75 Å². The van der Waals surface area contributed by atoms with Gasteiger partial charge >= 0.3 is 0 Å². The van der Waals surface area contributed by atoms with Gasteiger partial charge in [-0.15, -0.1) is 6.58 Å². The van der Waals surface area contributed by atoms with E-state index in [9.17, 15) is 4.79 Å². The van der Waals surface area contributed by atoms with E-state index in [0.717, 1.165) is 41.9 Å². The fourth-order valence-electron chi connectivity index (χ4n) is 3.49. The summed E-state index contributed by atoms with van der Waals surface area (Å²) in [5.41, 5.74) is 7.05. The molecule has 0 unspecified atom stereocenters. The zero-order valence-corrected chi connectivity index (χ0v) is 16.3. The molecule has 8 nitrogen and oxygen atoms in total. The lowest BCUT2D eigenvalue weighted by molar-refractivity contribution is 0.0942. The number of nitrogen functional groups attached to an aromatic ring is 1. The van der Waals surface area contributed by atoms with Crippen molar-refractivity contribution in [3.8, 4) is 5.75 Å². The van der Waals surface area contributed by atoms with Gasteiger partial charge < -0.3 is 21.3 Å². The summed E-state index contributed by atoms with van der Waals surface area (Å²) in [7, 11) is 0. The maximum Gasteiger partial charge on any atom is 0.270 e. The van der Waals surface area contributed by atoms with E-state index in [1.165, 1.54) is 5.56 Å². The van der Waals surface area contributed by atoms with E-state index in [-0.39, 0.29) is 11.6 Å². The first kappa shape index (κ1) is 20.3. The molecule has 8 heteroatoms. The Labute approximate surface area is 170 Å². The molecule has 0 saturated carbocycles. The van der Waals surface area contributed by atoms with Gasteiger partial charge in [0, 0.05) is 11.1 Å². The summed E-state index contributed by atoms with van der Waals surface area (Å²) in [6.45, 7) is 4.55. The van der Waals surface area contributed by atoms with Gasteiger partial charge in [-0.25, -0.2) is 10.8 Å². The number of carbonyl (C=O) groups excluding carboxylic acids is 1. The number of nitrogens with zero attached hydrogens (tertiary/aromatic N) is 2. The largest absolute Gasteiger partial charge is 0.491 e. The van der Waals surface area contributed by atoms with E-state index in [1.54, 1.807) is 18.2 Å². The van der Waals surface area contributed by atoms with Crippen LogP contribution in [0.2, 0.25) is 0 Å². The molecule has 1 aromatic carbocycles. The number of fused-ring (bicyclic) bond motifs is 1. The zero-order valence-electron chi connectivity index (χ0n) is 16.3. The molecule has 0 radical (unpaired) electrons. The normalized spacial score (nSPS) is 14.2. The smallest absolute Gasteiger partial charge is 0.270 e. The van der Waals surface area contributed by atoms with Crippen molar-refractivity contribution >= 4 is 17.4 Å². The number of amides is 1. The number of anilines is 1. The van der Waals surface area contributed by atoms with E-state index in [2.05, 4.69) is 27.4 Å². The van der Waals surface area contributed by atoms with Gasteiger partial charge in [-0.2, -0.15) is 5.10 Å². The summed E-state index contributed by atoms with van der Waals surface area (Å²) in [5, 5.41) is 6.74. The molecule has 0 fully saturated rings. The summed E-state index contributed by atoms with van der Waals surface area (Å²) in [4.78, 5) is 16.3. The molecule has 152 valence electrons. The number of hydrogen-bond acceptors (Lipinski definition) is 7. The second kappa shape index (κ2) is 9.70. The van der Waals surface area contributed by atoms with E-state index >= 15 is 0 Å². The number of nitrogens with one attached hydrogen (secondary N) is 2. The topological polar surface area (TPSA) is 128 Å². The number of hydrazone groups is 1. The molecule has 0 saturated heterocycles. The van der Waals surface area contributed by atoms with Crippen molar-refractivity contribution in [2.45, 2.75) is 25.7 Å². The predicted octanol–water partition coefficient (Wildman–Crippen LogP) is 1.90. The first-order valence-electron chi connectivity index (χ1n) is 9.55. The van der Waals surface area contributed by atoms with Crippen LogP contribution >= 0.6 is 0 Å². The van der Waals surface area contributed by atoms with Gasteiger partial charge in [0.1, 0.15) is 23.9 Å². The number of hydrogen-bond donors (Lipinski definition) is 4. The van der Waals surface area contributed by atoms with Gasteiger partial charge in [0.15, 0.2) is 0 Å². The van der Waals surface area contributed by atoms with Crippen LogP contribution in [0, 0.1) is 0 Å². The van der Waals surface area contributed by atoms with Crippen molar-refractivity contribution in [3.63, 3.8) is 0 Å². The quantitative estimate of drug-likeness (QED) is 0.234. The number of benzene rings is 1. The standard InChI is InChI=1S/C21H26N6O2/c1-2-5-16-14-6-3-7-17(26-22)15(14)10-11-19(16)29-13-12-24-21(28)18-8-4-9-20(25-18)27-23/h2,4,8-11H,1,3,5-7,12-13,22-23H2,(H,24,28)(H,25,27). The molecule has 29 heavy (non-hydrogen) atoms. The number of allylic oxidation sites excluding steroid dienone is 1. The minimum Gasteiger partial charge on any atom is -0.491 e. The average Bonchev–Trinajstić information content (AvgIpc) is 2.77. The second-order valence-electron chi connectivity index (χ2n) is 6.65. The lowest BCUT2D eigenvalue weighted by atomic mass is 9.85. The maximum atomic E-state index is 12.2. The van der Waals surface area contributed by atoms with Crippen molar-refractivity contribution in [1.29, 1.82) is 0 Å². The molecule has 1 amide bonds. The van der Waals surface area contributed by atoms with Crippen molar-refractivity contribution in [2.75, 3.05) is 18.6 Å². The SMILES string of the molecule is C=CCc1c(OCCNC(=O)c2cccc(NN)n2)ccc2c1CCCC2=NN. The molecule has 2 aromatic rings. The van der Waals surface area contributed by atoms with E-state index in [4.69, 9.17) is 16.4 Å². The van der Waals surface area contributed by atoms with Crippen molar-refractivity contribution < 1.29 is 9.53 Å². The van der Waals surface area contributed by atoms with Crippen LogP contribution in [0.25, 0.3) is 0 Å². The minimum atomic E-state index is -0.286. The molecule has 6 N–H and O–H groups in total. The fourth-order valence-corrected chi connectivity index (χ4v) is 3.49.